The summed E-state index contributed by atoms with van der Waals surface area (Å²) in [5.74, 6) is 0.652. The number of nitrogens with zero attached hydrogens (tertiary/aromatic N) is 1. The quantitative estimate of drug-likeness (QED) is 0.206. The van der Waals surface area contributed by atoms with Crippen LogP contribution in [0.4, 0.5) is 0 Å². The van der Waals surface area contributed by atoms with E-state index in [-0.39, 0.29) is 51.6 Å². The smallest absolute Gasteiger partial charge is 0.309 e. The maximum Gasteiger partial charge on any atom is 0.309 e. The van der Waals surface area contributed by atoms with Crippen LogP contribution in [0.3, 0.4) is 0 Å². The average Bonchev–Trinajstić information content (AvgIpc) is 3.38. The summed E-state index contributed by atoms with van der Waals surface area (Å²) < 4.78 is 6.20. The predicted octanol–water partition coefficient (Wildman–Crippen LogP) is 9.66. The van der Waals surface area contributed by atoms with Crippen molar-refractivity contribution in [2.75, 3.05) is 27.2 Å². The fourth-order valence-corrected chi connectivity index (χ4v) is 13.7. The van der Waals surface area contributed by atoms with E-state index in [0.717, 1.165) is 70.0 Å². The molecule has 0 aliphatic heterocycles. The van der Waals surface area contributed by atoms with E-state index in [2.05, 4.69) is 103 Å². The first kappa shape index (κ1) is 41.1. The molecule has 1 aromatic rings. The van der Waals surface area contributed by atoms with Gasteiger partial charge in [-0.05, 0) is 143 Å². The minimum Gasteiger partial charge on any atom is -0.481 e. The first-order valence-electron chi connectivity index (χ1n) is 21.3. The number of ether oxygens (including phenoxy) is 1. The van der Waals surface area contributed by atoms with Gasteiger partial charge in [0.2, 0.25) is 0 Å². The van der Waals surface area contributed by atoms with Gasteiger partial charge in [0.15, 0.2) is 5.78 Å². The van der Waals surface area contributed by atoms with E-state index in [4.69, 9.17) is 4.74 Å². The highest BCUT2D eigenvalue weighted by atomic mass is 16.5. The van der Waals surface area contributed by atoms with Crippen LogP contribution in [0.2, 0.25) is 0 Å². The predicted molar refractivity (Wildman–Crippen MR) is 216 cm³/mol. The molecule has 4 saturated carbocycles. The monoisotopic (exact) mass is 745 g/mol. The highest BCUT2D eigenvalue weighted by Crippen LogP contribution is 2.77. The van der Waals surface area contributed by atoms with Crippen molar-refractivity contribution in [1.29, 1.82) is 0 Å². The molecule has 0 saturated heterocycles. The molecule has 54 heavy (non-hydrogen) atoms. The van der Waals surface area contributed by atoms with E-state index in [0.29, 0.717) is 30.0 Å². The Morgan fingerprint density at radius 3 is 2.24 bits per heavy atom. The Morgan fingerprint density at radius 2 is 1.61 bits per heavy atom. The minimum atomic E-state index is -1.15. The van der Waals surface area contributed by atoms with Gasteiger partial charge in [0.05, 0.1) is 11.8 Å². The fourth-order valence-electron chi connectivity index (χ4n) is 13.7. The van der Waals surface area contributed by atoms with Gasteiger partial charge in [0.1, 0.15) is 6.10 Å². The van der Waals surface area contributed by atoms with Crippen molar-refractivity contribution in [2.45, 2.75) is 145 Å². The largest absolute Gasteiger partial charge is 0.481 e. The number of likely N-dealkylation sites (N-methyl/N-ethyl adjacent to an activating group) is 1. The number of allylic oxidation sites excluding steroid dienone is 2. The number of benzene rings is 1. The zero-order chi connectivity index (χ0) is 39.6. The van der Waals surface area contributed by atoms with E-state index < -0.39 is 17.4 Å². The first-order chi connectivity index (χ1) is 25.1. The van der Waals surface area contributed by atoms with Crippen LogP contribution >= 0.6 is 0 Å². The Kier molecular flexibility index (Phi) is 11.0. The molecule has 0 spiro atoms. The number of nitrogens with one attached hydrogen (secondary N) is 1. The third-order valence-corrected chi connectivity index (χ3v) is 16.7. The lowest BCUT2D eigenvalue weighted by atomic mass is 9.33. The van der Waals surface area contributed by atoms with Gasteiger partial charge >= 0.3 is 11.9 Å². The molecule has 0 radical (unpaired) electrons. The lowest BCUT2D eigenvalue weighted by molar-refractivity contribution is -0.233. The van der Waals surface area contributed by atoms with E-state index in [1.807, 2.05) is 0 Å². The molecule has 300 valence electrons. The molecule has 0 aromatic heterocycles. The van der Waals surface area contributed by atoms with Crippen LogP contribution < -0.4 is 5.32 Å². The summed E-state index contributed by atoms with van der Waals surface area (Å²) in [4.78, 5) is 41.3. The maximum atomic E-state index is 14.2. The fraction of sp³-hybridized carbons (Fsp3) is 0.766. The molecule has 2 N–H and O–H groups in total. The van der Waals surface area contributed by atoms with Gasteiger partial charge in [-0.25, -0.2) is 0 Å². The molecule has 0 unspecified atom stereocenters. The number of hydrogen-bond acceptors (Lipinski definition) is 6. The second-order valence-electron chi connectivity index (χ2n) is 21.1. The van der Waals surface area contributed by atoms with Crippen LogP contribution in [0.1, 0.15) is 145 Å². The highest BCUT2D eigenvalue weighted by Gasteiger charge is 2.70. The molecule has 6 rings (SSSR count). The number of Topliss-reactive ketones (excluding diaryl/α,β-unsaturated/α-hetero) is 1. The molecule has 7 heteroatoms. The second kappa shape index (κ2) is 14.5. The van der Waals surface area contributed by atoms with Gasteiger partial charge in [-0.15, -0.1) is 0 Å². The Hall–Kier alpha value is -2.51. The maximum absolute atomic E-state index is 14.2. The van der Waals surface area contributed by atoms with Crippen LogP contribution in [0.15, 0.2) is 41.5 Å². The zero-order valence-corrected chi connectivity index (χ0v) is 35.6. The number of fused-ring (bicyclic) bond motifs is 7. The van der Waals surface area contributed by atoms with E-state index in [9.17, 15) is 19.5 Å². The van der Waals surface area contributed by atoms with Crippen LogP contribution in [-0.4, -0.2) is 61.0 Å². The van der Waals surface area contributed by atoms with Crippen LogP contribution in [0, 0.1) is 56.2 Å². The number of rotatable bonds is 12. The Balaban J connectivity index is 1.25. The molecular formula is C47H72N2O5. The molecule has 7 nitrogen and oxygen atoms in total. The van der Waals surface area contributed by atoms with Crippen molar-refractivity contribution in [3.05, 3.63) is 47.0 Å². The molecule has 0 amide bonds. The molecule has 1 aromatic carbocycles. The molecule has 9 atom stereocenters. The number of ketones is 1. The van der Waals surface area contributed by atoms with Crippen molar-refractivity contribution in [2.24, 2.45) is 56.2 Å². The Morgan fingerprint density at radius 1 is 0.926 bits per heavy atom. The molecule has 0 heterocycles. The molecule has 5 aliphatic carbocycles. The van der Waals surface area contributed by atoms with Gasteiger partial charge in [-0.1, -0.05) is 84.4 Å². The Labute approximate surface area is 326 Å². The topological polar surface area (TPSA) is 95.9 Å². The Bertz CT molecular complexity index is 1630. The number of carboxylic acid groups (broad SMARTS) is 1. The van der Waals surface area contributed by atoms with Gasteiger partial charge in [0.25, 0.3) is 0 Å². The van der Waals surface area contributed by atoms with Crippen LogP contribution in [0.5, 0.6) is 0 Å². The number of carboxylic acids is 1. The standard InChI is InChI=1S/C47H72N2O5/c1-30(2)39-34(50)27-47(25-26-48-33(29-49(10)11)31-15-13-12-14-16-31)24-23-45(8)32(40(39)47)17-18-36-44(7)21-20-37(54-38(51)28-42(3,4)41(52)53)43(5,6)35(44)19-22-46(36,45)9/h12-16,30,32-33,35-37,48H,17-29H2,1-11H3,(H,52,53)/t32-,33+,35+,36-,37+,44+,45-,46-,47-/m1/s1. The summed E-state index contributed by atoms with van der Waals surface area (Å²) in [6.07, 6.45) is 10.0. The lowest BCUT2D eigenvalue weighted by Crippen LogP contribution is -2.65. The third-order valence-electron chi connectivity index (χ3n) is 16.7. The summed E-state index contributed by atoms with van der Waals surface area (Å²) >= 11 is 0. The van der Waals surface area contributed by atoms with Gasteiger partial charge < -0.3 is 20.1 Å². The first-order valence-corrected chi connectivity index (χ1v) is 21.3. The van der Waals surface area contributed by atoms with Crippen LogP contribution in [-0.2, 0) is 19.1 Å². The molecule has 0 bridgehead atoms. The van der Waals surface area contributed by atoms with Crippen molar-refractivity contribution in [1.82, 2.24) is 10.2 Å². The number of esters is 1. The SMILES string of the molecule is CC(C)C1=C2[C@H]3CC[C@@H]4[C@@]5(C)CC[C@H](OC(=O)CC(C)(C)C(=O)O)C(C)(C)[C@@H]5CC[C@@]4(C)[C@]3(C)CC[C@@]2(CCN[C@@H](CN(C)C)c2ccccc2)CC1=O. The van der Waals surface area contributed by atoms with Crippen molar-refractivity contribution >= 4 is 17.7 Å². The van der Waals surface area contributed by atoms with E-state index >= 15 is 0 Å². The van der Waals surface area contributed by atoms with Crippen molar-refractivity contribution in [3.63, 3.8) is 0 Å². The molecule has 4 fully saturated rings. The van der Waals surface area contributed by atoms with Gasteiger partial charge in [-0.2, -0.15) is 0 Å². The summed E-state index contributed by atoms with van der Waals surface area (Å²) in [6, 6.07) is 11.0. The highest BCUT2D eigenvalue weighted by molar-refractivity contribution is 6.00. The lowest BCUT2D eigenvalue weighted by Gasteiger charge is -2.72. The average molecular weight is 745 g/mol. The number of hydrogen-bond donors (Lipinski definition) is 2. The van der Waals surface area contributed by atoms with E-state index in [1.165, 1.54) is 12.0 Å². The number of carbonyl (C=O) groups is 3. The second-order valence-corrected chi connectivity index (χ2v) is 21.1. The van der Waals surface area contributed by atoms with Gasteiger partial charge in [0, 0.05) is 29.8 Å². The molecule has 5 aliphatic rings. The molecular weight excluding hydrogens is 673 g/mol. The van der Waals surface area contributed by atoms with Gasteiger partial charge in [-0.3, -0.25) is 14.4 Å². The minimum absolute atomic E-state index is 0.0589. The summed E-state index contributed by atoms with van der Waals surface area (Å²) in [5.41, 5.74) is 2.97. The third kappa shape index (κ3) is 6.73. The van der Waals surface area contributed by atoms with Crippen molar-refractivity contribution < 1.29 is 24.2 Å². The van der Waals surface area contributed by atoms with Crippen molar-refractivity contribution in [3.8, 4) is 0 Å². The summed E-state index contributed by atoms with van der Waals surface area (Å²) in [7, 11) is 4.28. The summed E-state index contributed by atoms with van der Waals surface area (Å²) in [5, 5.41) is 13.6. The summed E-state index contributed by atoms with van der Waals surface area (Å²) in [6.45, 7) is 21.9. The van der Waals surface area contributed by atoms with Crippen LogP contribution in [0.25, 0.3) is 0 Å². The number of aliphatic carboxylic acids is 1. The zero-order valence-electron chi connectivity index (χ0n) is 35.6. The normalized spacial score (nSPS) is 36.6. The number of carbonyl (C=O) groups excluding carboxylic acids is 2. The van der Waals surface area contributed by atoms with E-state index in [1.54, 1.807) is 19.4 Å².